The summed E-state index contributed by atoms with van der Waals surface area (Å²) in [6, 6.07) is 0. The predicted octanol–water partition coefficient (Wildman–Crippen LogP) is 0.351. The minimum Gasteiger partial charge on any atom is -1.00 e. The van der Waals surface area contributed by atoms with Gasteiger partial charge >= 0.3 is 23.1 Å². The van der Waals surface area contributed by atoms with Crippen LogP contribution in [0.5, 0.6) is 0 Å². The Balaban J connectivity index is -0.000000980. The molecule has 0 aliphatic heterocycles. The molecular weight excluding hydrogens is 339 g/mol. The van der Waals surface area contributed by atoms with Gasteiger partial charge in [0.1, 0.15) is 6.79 Å². The van der Waals surface area contributed by atoms with E-state index in [1.54, 1.807) is 0 Å². The summed E-state index contributed by atoms with van der Waals surface area (Å²) in [5, 5.41) is 0. The van der Waals surface area contributed by atoms with Crippen LogP contribution < -0.4 is 24.0 Å². The number of halogens is 1. The second-order valence-corrected chi connectivity index (χ2v) is 3.54. The van der Waals surface area contributed by atoms with E-state index in [0.29, 0.717) is 6.79 Å². The Morgan fingerprint density at radius 2 is 1.71 bits per heavy atom. The molecule has 98 valence electrons. The average molecular weight is 365 g/mol. The van der Waals surface area contributed by atoms with Crippen molar-refractivity contribution in [1.29, 1.82) is 0 Å². The van der Waals surface area contributed by atoms with Crippen LogP contribution in [0.2, 0.25) is 0 Å². The number of unbranched alkanes of at least 4 members (excludes halogenated alkanes) is 3. The van der Waals surface area contributed by atoms with Gasteiger partial charge in [-0.2, -0.15) is 6.42 Å². The monoisotopic (exact) mass is 364 g/mol. The maximum absolute atomic E-state index is 5.33. The molecule has 0 spiro atoms. The van der Waals surface area contributed by atoms with Crippen molar-refractivity contribution in [1.82, 2.24) is 0 Å². The summed E-state index contributed by atoms with van der Waals surface area (Å²) in [4.78, 5) is 0. The van der Waals surface area contributed by atoms with Crippen LogP contribution in [0.25, 0.3) is 0 Å². The predicted molar refractivity (Wildman–Crippen MR) is 70.4 cm³/mol. The SMILES string of the molecule is [CH2-]C/C=C/CCOCOCCCCCC.[I-].[Mg+2]. The molecule has 0 rings (SSSR count). The summed E-state index contributed by atoms with van der Waals surface area (Å²) in [7, 11) is 0. The number of hydrogen-bond acceptors (Lipinski definition) is 2. The molecule has 0 amide bonds. The van der Waals surface area contributed by atoms with E-state index < -0.39 is 0 Å². The Morgan fingerprint density at radius 3 is 2.35 bits per heavy atom. The van der Waals surface area contributed by atoms with Crippen LogP contribution in [0.4, 0.5) is 0 Å². The van der Waals surface area contributed by atoms with Crippen LogP contribution in [0.15, 0.2) is 12.2 Å². The van der Waals surface area contributed by atoms with Crippen molar-refractivity contribution in [2.45, 2.75) is 45.4 Å². The molecule has 0 aliphatic rings. The first kappa shape index (κ1) is 23.3. The molecule has 0 aromatic carbocycles. The molecule has 0 heterocycles. The molecule has 0 aliphatic carbocycles. The molecule has 0 atom stereocenters. The zero-order valence-electron chi connectivity index (χ0n) is 11.1. The van der Waals surface area contributed by atoms with Gasteiger partial charge in [-0.25, -0.2) is 0 Å². The van der Waals surface area contributed by atoms with E-state index >= 15 is 0 Å². The topological polar surface area (TPSA) is 18.5 Å². The van der Waals surface area contributed by atoms with Crippen LogP contribution in [0.3, 0.4) is 0 Å². The molecule has 4 heteroatoms. The van der Waals surface area contributed by atoms with E-state index in [4.69, 9.17) is 9.47 Å². The number of hydrogen-bond donors (Lipinski definition) is 0. The smallest absolute Gasteiger partial charge is 1.00 e. The molecule has 0 unspecified atom stereocenters. The van der Waals surface area contributed by atoms with Crippen LogP contribution >= 0.6 is 0 Å². The molecule has 0 N–H and O–H groups in total. The minimum absolute atomic E-state index is 0. The number of ether oxygens (including phenoxy) is 2. The third kappa shape index (κ3) is 22.8. The van der Waals surface area contributed by atoms with Gasteiger partial charge in [0.05, 0.1) is 6.61 Å². The molecule has 0 fully saturated rings. The van der Waals surface area contributed by atoms with Gasteiger partial charge in [-0.3, -0.25) is 0 Å². The van der Waals surface area contributed by atoms with E-state index in [1.807, 2.05) is 0 Å². The van der Waals surface area contributed by atoms with Crippen molar-refractivity contribution >= 4 is 23.1 Å². The Morgan fingerprint density at radius 1 is 1.00 bits per heavy atom. The van der Waals surface area contributed by atoms with Crippen LogP contribution in [0.1, 0.15) is 45.4 Å². The van der Waals surface area contributed by atoms with Crippen LogP contribution in [-0.4, -0.2) is 43.1 Å². The average Bonchev–Trinajstić information content (AvgIpc) is 2.26. The Kier molecular flexibility index (Phi) is 30.6. The Hall–Kier alpha value is 1.16. The van der Waals surface area contributed by atoms with Crippen molar-refractivity contribution in [3.63, 3.8) is 0 Å². The van der Waals surface area contributed by atoms with Gasteiger partial charge in [0.25, 0.3) is 0 Å². The quantitative estimate of drug-likeness (QED) is 0.132. The van der Waals surface area contributed by atoms with Crippen molar-refractivity contribution in [3.05, 3.63) is 19.1 Å². The first-order valence-electron chi connectivity index (χ1n) is 6.01. The van der Waals surface area contributed by atoms with Crippen molar-refractivity contribution in [2.24, 2.45) is 0 Å². The molecule has 0 saturated carbocycles. The van der Waals surface area contributed by atoms with Crippen LogP contribution in [-0.2, 0) is 9.47 Å². The summed E-state index contributed by atoms with van der Waals surface area (Å²) >= 11 is 0. The maximum Gasteiger partial charge on any atom is 2.00 e. The molecule has 0 saturated heterocycles. The number of allylic oxidation sites excluding steroid dienone is 1. The van der Waals surface area contributed by atoms with E-state index in [0.717, 1.165) is 32.5 Å². The summed E-state index contributed by atoms with van der Waals surface area (Å²) in [5.74, 6) is 0. The molecule has 0 radical (unpaired) electrons. The molecule has 0 aromatic heterocycles. The van der Waals surface area contributed by atoms with Gasteiger partial charge in [0, 0.05) is 6.61 Å². The van der Waals surface area contributed by atoms with Gasteiger partial charge in [-0.05, 0) is 12.8 Å². The summed E-state index contributed by atoms with van der Waals surface area (Å²) < 4.78 is 10.6. The van der Waals surface area contributed by atoms with E-state index in [-0.39, 0.29) is 47.0 Å². The van der Waals surface area contributed by atoms with Gasteiger partial charge < -0.3 is 40.4 Å². The second kappa shape index (κ2) is 22.3. The van der Waals surface area contributed by atoms with Gasteiger partial charge in [-0.15, -0.1) is 6.08 Å². The normalized spacial score (nSPS) is 10.0. The zero-order valence-corrected chi connectivity index (χ0v) is 14.7. The zero-order chi connectivity index (χ0) is 11.2. The van der Waals surface area contributed by atoms with E-state index in [1.165, 1.54) is 19.3 Å². The Labute approximate surface area is 140 Å². The van der Waals surface area contributed by atoms with E-state index in [9.17, 15) is 0 Å². The second-order valence-electron chi connectivity index (χ2n) is 3.54. The molecule has 0 aromatic rings. The molecule has 2 nitrogen and oxygen atoms in total. The number of rotatable bonds is 11. The van der Waals surface area contributed by atoms with Gasteiger partial charge in [-0.1, -0.05) is 32.3 Å². The Bertz CT molecular complexity index is 143. The first-order valence-corrected chi connectivity index (χ1v) is 6.01. The summed E-state index contributed by atoms with van der Waals surface area (Å²) in [6.07, 6.45) is 10.9. The standard InChI is InChI=1S/C13H25O2.HI.Mg/c1-3-5-7-9-11-14-13-15-12-10-8-6-4-2;;/h5,7H,1,3-4,6,8-13H2,2H3;1H;/q-1;;+2/p-1/b7-5+;;. The van der Waals surface area contributed by atoms with E-state index in [2.05, 4.69) is 26.0 Å². The third-order valence-corrected chi connectivity index (χ3v) is 2.07. The van der Waals surface area contributed by atoms with Crippen molar-refractivity contribution < 1.29 is 33.5 Å². The third-order valence-electron chi connectivity index (χ3n) is 2.07. The molecule has 17 heavy (non-hydrogen) atoms. The fraction of sp³-hybridized carbons (Fsp3) is 0.769. The minimum atomic E-state index is 0. The van der Waals surface area contributed by atoms with Crippen LogP contribution in [0, 0.1) is 6.92 Å². The summed E-state index contributed by atoms with van der Waals surface area (Å²) in [6.45, 7) is 7.93. The van der Waals surface area contributed by atoms with Gasteiger partial charge in [0.15, 0.2) is 0 Å². The largest absolute Gasteiger partial charge is 2.00 e. The van der Waals surface area contributed by atoms with Gasteiger partial charge in [0.2, 0.25) is 0 Å². The first-order chi connectivity index (χ1) is 7.41. The fourth-order valence-corrected chi connectivity index (χ4v) is 1.19. The maximum atomic E-state index is 5.33. The van der Waals surface area contributed by atoms with Crippen molar-refractivity contribution in [2.75, 3.05) is 20.0 Å². The summed E-state index contributed by atoms with van der Waals surface area (Å²) in [5.41, 5.74) is 0. The molecular formula is C13H25IMgO2. The fourth-order valence-electron chi connectivity index (χ4n) is 1.19. The molecule has 0 bridgehead atoms. The van der Waals surface area contributed by atoms with Crippen molar-refractivity contribution in [3.8, 4) is 0 Å².